The van der Waals surface area contributed by atoms with E-state index in [1.807, 2.05) is 0 Å². The van der Waals surface area contributed by atoms with E-state index in [1.165, 1.54) is 6.07 Å². The van der Waals surface area contributed by atoms with Gasteiger partial charge < -0.3 is 10.6 Å². The van der Waals surface area contributed by atoms with Gasteiger partial charge in [-0.15, -0.1) is 0 Å². The molecule has 0 aliphatic carbocycles. The monoisotopic (exact) mass is 291 g/mol. The van der Waals surface area contributed by atoms with Gasteiger partial charge in [-0.3, -0.25) is 4.79 Å². The summed E-state index contributed by atoms with van der Waals surface area (Å²) in [6.45, 7) is -0.570. The summed E-state index contributed by atoms with van der Waals surface area (Å²) in [7, 11) is 0. The molecule has 0 atom stereocenters. The van der Waals surface area contributed by atoms with Crippen LogP contribution in [0.4, 0.5) is 18.9 Å². The molecule has 0 heterocycles. The standard InChI is InChI=1S/C11H9ClF3N3O/c12-7-1-2-9(8(5-7)11(13,14)15)18-6-10(19)17-4-3-16/h1-2,5,18H,4,6H2,(H,17,19). The third-order valence-electron chi connectivity index (χ3n) is 2.09. The first kappa shape index (κ1) is 15.1. The molecule has 1 aromatic rings. The molecule has 2 N–H and O–H groups in total. The number of amides is 1. The summed E-state index contributed by atoms with van der Waals surface area (Å²) in [6, 6.07) is 4.88. The molecule has 0 radical (unpaired) electrons. The lowest BCUT2D eigenvalue weighted by molar-refractivity contribution is -0.137. The van der Waals surface area contributed by atoms with Crippen LogP contribution in [-0.2, 0) is 11.0 Å². The van der Waals surface area contributed by atoms with E-state index in [9.17, 15) is 18.0 Å². The number of benzene rings is 1. The van der Waals surface area contributed by atoms with Crippen LogP contribution in [0.2, 0.25) is 5.02 Å². The number of anilines is 1. The van der Waals surface area contributed by atoms with Crippen molar-refractivity contribution in [3.8, 4) is 6.07 Å². The van der Waals surface area contributed by atoms with Crippen molar-refractivity contribution in [3.05, 3.63) is 28.8 Å². The molecule has 0 spiro atoms. The predicted molar refractivity (Wildman–Crippen MR) is 63.6 cm³/mol. The van der Waals surface area contributed by atoms with Crippen molar-refractivity contribution in [2.75, 3.05) is 18.4 Å². The molecular formula is C11H9ClF3N3O. The zero-order chi connectivity index (χ0) is 14.5. The first-order valence-electron chi connectivity index (χ1n) is 5.09. The SMILES string of the molecule is N#CCNC(=O)CNc1ccc(Cl)cc1C(F)(F)F. The van der Waals surface area contributed by atoms with Crippen molar-refractivity contribution in [3.63, 3.8) is 0 Å². The highest BCUT2D eigenvalue weighted by molar-refractivity contribution is 6.30. The Morgan fingerprint density at radius 1 is 1.42 bits per heavy atom. The van der Waals surface area contributed by atoms with Crippen LogP contribution in [-0.4, -0.2) is 19.0 Å². The topological polar surface area (TPSA) is 64.9 Å². The van der Waals surface area contributed by atoms with Gasteiger partial charge in [-0.2, -0.15) is 18.4 Å². The number of hydrogen-bond donors (Lipinski definition) is 2. The summed E-state index contributed by atoms with van der Waals surface area (Å²) in [5, 5.41) is 12.7. The lowest BCUT2D eigenvalue weighted by Gasteiger charge is -2.14. The minimum absolute atomic E-state index is 0.0493. The Labute approximate surface area is 112 Å². The van der Waals surface area contributed by atoms with Crippen molar-refractivity contribution in [1.29, 1.82) is 5.26 Å². The highest BCUT2D eigenvalue weighted by atomic mass is 35.5. The number of carbonyl (C=O) groups excluding carboxylic acids is 1. The van der Waals surface area contributed by atoms with Gasteiger partial charge in [-0.25, -0.2) is 0 Å². The molecule has 102 valence electrons. The molecule has 0 aromatic heterocycles. The van der Waals surface area contributed by atoms with Gasteiger partial charge in [0.05, 0.1) is 18.2 Å². The van der Waals surface area contributed by atoms with Crippen molar-refractivity contribution in [1.82, 2.24) is 5.32 Å². The van der Waals surface area contributed by atoms with Crippen LogP contribution in [0.15, 0.2) is 18.2 Å². The van der Waals surface area contributed by atoms with Crippen molar-refractivity contribution >= 4 is 23.2 Å². The Balaban J connectivity index is 2.79. The molecule has 1 aromatic carbocycles. The summed E-state index contributed by atoms with van der Waals surface area (Å²) in [6.07, 6.45) is -4.57. The Morgan fingerprint density at radius 3 is 2.68 bits per heavy atom. The van der Waals surface area contributed by atoms with Gasteiger partial charge in [0.1, 0.15) is 6.54 Å². The fraction of sp³-hybridized carbons (Fsp3) is 0.273. The highest BCUT2D eigenvalue weighted by Gasteiger charge is 2.33. The van der Waals surface area contributed by atoms with Crippen LogP contribution in [0.1, 0.15) is 5.56 Å². The number of halogens is 4. The number of hydrogen-bond acceptors (Lipinski definition) is 3. The fourth-order valence-electron chi connectivity index (χ4n) is 1.28. The summed E-state index contributed by atoms with van der Waals surface area (Å²) in [4.78, 5) is 11.2. The Morgan fingerprint density at radius 2 is 2.11 bits per heavy atom. The minimum Gasteiger partial charge on any atom is -0.376 e. The molecule has 0 fully saturated rings. The molecule has 0 aliphatic rings. The van der Waals surface area contributed by atoms with E-state index >= 15 is 0 Å². The van der Waals surface area contributed by atoms with Crippen molar-refractivity contribution in [2.24, 2.45) is 0 Å². The Kier molecular flexibility index (Phi) is 5.01. The van der Waals surface area contributed by atoms with Crippen molar-refractivity contribution in [2.45, 2.75) is 6.18 Å². The number of nitriles is 1. The molecule has 8 heteroatoms. The first-order chi connectivity index (χ1) is 8.84. The number of carbonyl (C=O) groups is 1. The largest absolute Gasteiger partial charge is 0.418 e. The maximum absolute atomic E-state index is 12.7. The van der Waals surface area contributed by atoms with E-state index in [1.54, 1.807) is 6.07 Å². The Bertz CT molecular complexity index is 511. The zero-order valence-corrected chi connectivity index (χ0v) is 10.3. The second kappa shape index (κ2) is 6.29. The quantitative estimate of drug-likeness (QED) is 0.837. The fourth-order valence-corrected chi connectivity index (χ4v) is 1.45. The maximum Gasteiger partial charge on any atom is 0.418 e. The first-order valence-corrected chi connectivity index (χ1v) is 5.46. The van der Waals surface area contributed by atoms with Gasteiger partial charge in [0.25, 0.3) is 0 Å². The van der Waals surface area contributed by atoms with Gasteiger partial charge >= 0.3 is 6.18 Å². The van der Waals surface area contributed by atoms with E-state index in [0.717, 1.165) is 12.1 Å². The molecule has 4 nitrogen and oxygen atoms in total. The average molecular weight is 292 g/mol. The van der Waals surface area contributed by atoms with Gasteiger partial charge in [0, 0.05) is 10.7 Å². The highest BCUT2D eigenvalue weighted by Crippen LogP contribution is 2.36. The molecule has 1 rings (SSSR count). The van der Waals surface area contributed by atoms with E-state index in [4.69, 9.17) is 16.9 Å². The molecule has 0 aliphatic heterocycles. The third kappa shape index (κ3) is 4.67. The van der Waals surface area contributed by atoms with Crippen LogP contribution in [0.3, 0.4) is 0 Å². The van der Waals surface area contributed by atoms with Crippen LogP contribution in [0.25, 0.3) is 0 Å². The van der Waals surface area contributed by atoms with Gasteiger partial charge in [0.2, 0.25) is 5.91 Å². The van der Waals surface area contributed by atoms with Crippen LogP contribution in [0, 0.1) is 11.3 Å². The second-order valence-electron chi connectivity index (χ2n) is 3.48. The smallest absolute Gasteiger partial charge is 0.376 e. The summed E-state index contributed by atoms with van der Waals surface area (Å²) in [5.74, 6) is -0.579. The normalized spacial score (nSPS) is 10.7. The predicted octanol–water partition coefficient (Wildman–Crippen LogP) is 2.41. The van der Waals surface area contributed by atoms with Gasteiger partial charge in [0.15, 0.2) is 0 Å². The minimum atomic E-state index is -4.57. The molecule has 0 unspecified atom stereocenters. The lowest BCUT2D eigenvalue weighted by Crippen LogP contribution is -2.30. The Hall–Kier alpha value is -1.94. The zero-order valence-electron chi connectivity index (χ0n) is 9.51. The molecule has 0 saturated carbocycles. The summed E-state index contributed by atoms with van der Waals surface area (Å²) < 4.78 is 38.1. The number of alkyl halides is 3. The van der Waals surface area contributed by atoms with E-state index in [-0.39, 0.29) is 23.8 Å². The van der Waals surface area contributed by atoms with E-state index < -0.39 is 17.6 Å². The molecule has 0 bridgehead atoms. The average Bonchev–Trinajstić information content (AvgIpc) is 2.33. The molecule has 1 amide bonds. The molecule has 0 saturated heterocycles. The second-order valence-corrected chi connectivity index (χ2v) is 3.91. The number of nitrogens with zero attached hydrogens (tertiary/aromatic N) is 1. The summed E-state index contributed by atoms with van der Waals surface area (Å²) in [5.41, 5.74) is -1.20. The van der Waals surface area contributed by atoms with Gasteiger partial charge in [-0.1, -0.05) is 11.6 Å². The maximum atomic E-state index is 12.7. The third-order valence-corrected chi connectivity index (χ3v) is 2.33. The van der Waals surface area contributed by atoms with E-state index in [2.05, 4.69) is 10.6 Å². The lowest BCUT2D eigenvalue weighted by atomic mass is 10.1. The van der Waals surface area contributed by atoms with Crippen molar-refractivity contribution < 1.29 is 18.0 Å². The van der Waals surface area contributed by atoms with Crippen LogP contribution in [0.5, 0.6) is 0 Å². The van der Waals surface area contributed by atoms with Gasteiger partial charge in [-0.05, 0) is 18.2 Å². The number of nitrogens with one attached hydrogen (secondary N) is 2. The van der Waals surface area contributed by atoms with Crippen LogP contribution >= 0.6 is 11.6 Å². The van der Waals surface area contributed by atoms with Crippen LogP contribution < -0.4 is 10.6 Å². The summed E-state index contributed by atoms with van der Waals surface area (Å²) >= 11 is 5.51. The van der Waals surface area contributed by atoms with E-state index in [0.29, 0.717) is 0 Å². The number of rotatable bonds is 4. The molecule has 19 heavy (non-hydrogen) atoms. The molecular weight excluding hydrogens is 283 g/mol.